The summed E-state index contributed by atoms with van der Waals surface area (Å²) in [7, 11) is 0. The third-order valence-electron chi connectivity index (χ3n) is 5.54. The lowest BCUT2D eigenvalue weighted by atomic mass is 9.86. The van der Waals surface area contributed by atoms with Crippen molar-refractivity contribution in [1.29, 1.82) is 0 Å². The van der Waals surface area contributed by atoms with Crippen LogP contribution in [0.25, 0.3) is 0 Å². The fourth-order valence-corrected chi connectivity index (χ4v) is 3.99. The number of rotatable bonds is 5. The Labute approximate surface area is 159 Å². The van der Waals surface area contributed by atoms with Crippen LogP contribution in [-0.2, 0) is 9.53 Å². The molecule has 2 atom stereocenters. The Morgan fingerprint density at radius 2 is 1.59 bits per heavy atom. The van der Waals surface area contributed by atoms with Crippen molar-refractivity contribution in [1.82, 2.24) is 10.2 Å². The third-order valence-corrected chi connectivity index (χ3v) is 5.54. The van der Waals surface area contributed by atoms with Gasteiger partial charge in [0.2, 0.25) is 0 Å². The Kier molecular flexibility index (Phi) is 5.21. The number of amides is 1. The first-order valence-electron chi connectivity index (χ1n) is 9.54. The smallest absolute Gasteiger partial charge is 0.333 e. The van der Waals surface area contributed by atoms with Gasteiger partial charge in [0.1, 0.15) is 6.10 Å². The van der Waals surface area contributed by atoms with Crippen molar-refractivity contribution < 1.29 is 14.3 Å². The van der Waals surface area contributed by atoms with Gasteiger partial charge in [-0.15, -0.1) is 0 Å². The zero-order valence-corrected chi connectivity index (χ0v) is 15.2. The Morgan fingerprint density at radius 3 is 2.19 bits per heavy atom. The van der Waals surface area contributed by atoms with E-state index in [4.69, 9.17) is 4.74 Å². The van der Waals surface area contributed by atoms with Crippen LogP contribution in [0.1, 0.15) is 34.8 Å². The third kappa shape index (κ3) is 4.03. The first-order valence-corrected chi connectivity index (χ1v) is 9.54. The molecule has 0 spiro atoms. The minimum atomic E-state index is -0.811. The molecule has 3 aliphatic heterocycles. The molecule has 0 radical (unpaired) electrons. The van der Waals surface area contributed by atoms with Gasteiger partial charge in [0.05, 0.1) is 0 Å². The summed E-state index contributed by atoms with van der Waals surface area (Å²) in [6, 6.07) is 17.4. The molecule has 3 saturated heterocycles. The molecule has 0 saturated carbocycles. The van der Waals surface area contributed by atoms with E-state index in [0.29, 0.717) is 11.5 Å². The van der Waals surface area contributed by atoms with E-state index in [1.54, 1.807) is 24.3 Å². The van der Waals surface area contributed by atoms with Crippen molar-refractivity contribution in [2.45, 2.75) is 25.0 Å². The lowest BCUT2D eigenvalue weighted by Gasteiger charge is -2.44. The number of hydrogen-bond acceptors (Lipinski definition) is 4. The van der Waals surface area contributed by atoms with E-state index in [0.717, 1.165) is 38.0 Å². The molecule has 2 aromatic carbocycles. The number of esters is 1. The molecule has 1 amide bonds. The molecule has 3 fully saturated rings. The van der Waals surface area contributed by atoms with E-state index in [-0.39, 0.29) is 18.0 Å². The van der Waals surface area contributed by atoms with Crippen LogP contribution in [0, 0.1) is 5.92 Å². The van der Waals surface area contributed by atoms with Gasteiger partial charge in [-0.25, -0.2) is 4.79 Å². The normalized spacial score (nSPS) is 24.8. The Balaban J connectivity index is 1.51. The first kappa shape index (κ1) is 17.7. The second-order valence-electron chi connectivity index (χ2n) is 7.30. The maximum Gasteiger partial charge on any atom is 0.333 e. The van der Waals surface area contributed by atoms with Crippen molar-refractivity contribution in [2.75, 3.05) is 19.6 Å². The van der Waals surface area contributed by atoms with E-state index < -0.39 is 6.04 Å². The van der Waals surface area contributed by atoms with Crippen molar-refractivity contribution >= 4 is 11.9 Å². The van der Waals surface area contributed by atoms with E-state index in [9.17, 15) is 9.59 Å². The molecule has 3 aliphatic rings. The van der Waals surface area contributed by atoms with E-state index >= 15 is 0 Å². The van der Waals surface area contributed by atoms with Crippen molar-refractivity contribution in [3.63, 3.8) is 0 Å². The second kappa shape index (κ2) is 7.92. The quantitative estimate of drug-likeness (QED) is 0.829. The van der Waals surface area contributed by atoms with Gasteiger partial charge in [-0.3, -0.25) is 9.69 Å². The zero-order chi connectivity index (χ0) is 18.6. The number of fused-ring (bicyclic) bond motifs is 3. The van der Waals surface area contributed by atoms with Crippen LogP contribution >= 0.6 is 0 Å². The van der Waals surface area contributed by atoms with Crippen LogP contribution in [0.3, 0.4) is 0 Å². The van der Waals surface area contributed by atoms with Gasteiger partial charge in [-0.1, -0.05) is 48.5 Å². The molecule has 1 N–H and O–H groups in total. The Morgan fingerprint density at radius 1 is 0.963 bits per heavy atom. The Hall–Kier alpha value is -2.66. The average Bonchev–Trinajstić information content (AvgIpc) is 2.74. The molecule has 5 nitrogen and oxygen atoms in total. The van der Waals surface area contributed by atoms with Gasteiger partial charge >= 0.3 is 5.97 Å². The number of benzene rings is 2. The highest BCUT2D eigenvalue weighted by molar-refractivity contribution is 5.97. The summed E-state index contributed by atoms with van der Waals surface area (Å²) in [6.45, 7) is 2.97. The van der Waals surface area contributed by atoms with Gasteiger partial charge in [-0.05, 0) is 49.5 Å². The topological polar surface area (TPSA) is 58.6 Å². The standard InChI is InChI=1S/C22H24N2O3/c25-21(18-9-5-2-6-10-18)23-20(17-7-3-1-4-8-17)22(26)27-19-15-24-13-11-16(19)12-14-24/h1-10,16,19-20H,11-15H2,(H,23,25). The van der Waals surface area contributed by atoms with Gasteiger partial charge in [0.25, 0.3) is 5.91 Å². The summed E-state index contributed by atoms with van der Waals surface area (Å²) < 4.78 is 5.88. The van der Waals surface area contributed by atoms with Crippen LogP contribution in [0.4, 0.5) is 0 Å². The van der Waals surface area contributed by atoms with Crippen LogP contribution < -0.4 is 5.32 Å². The molecule has 27 heavy (non-hydrogen) atoms. The molecule has 3 heterocycles. The van der Waals surface area contributed by atoms with Crippen LogP contribution in [-0.4, -0.2) is 42.5 Å². The fraction of sp³-hybridized carbons (Fsp3) is 0.364. The maximum atomic E-state index is 13.0. The summed E-state index contributed by atoms with van der Waals surface area (Å²) in [5.74, 6) is -0.236. The average molecular weight is 364 g/mol. The van der Waals surface area contributed by atoms with Crippen molar-refractivity contribution in [2.24, 2.45) is 5.92 Å². The van der Waals surface area contributed by atoms with Gasteiger partial charge < -0.3 is 10.1 Å². The number of hydrogen-bond donors (Lipinski definition) is 1. The maximum absolute atomic E-state index is 13.0. The highest BCUT2D eigenvalue weighted by Crippen LogP contribution is 2.30. The molecule has 2 unspecified atom stereocenters. The molecule has 5 heteroatoms. The fourth-order valence-electron chi connectivity index (χ4n) is 3.99. The molecule has 2 aromatic rings. The summed E-state index contributed by atoms with van der Waals surface area (Å²) in [5.41, 5.74) is 1.25. The molecular formula is C22H24N2O3. The molecule has 0 aliphatic carbocycles. The van der Waals surface area contributed by atoms with E-state index in [2.05, 4.69) is 10.2 Å². The Bertz CT molecular complexity index is 786. The minimum Gasteiger partial charge on any atom is -0.459 e. The lowest BCUT2D eigenvalue weighted by molar-refractivity contribution is -0.161. The zero-order valence-electron chi connectivity index (χ0n) is 15.2. The molecular weight excluding hydrogens is 340 g/mol. The molecule has 5 rings (SSSR count). The number of carbonyl (C=O) groups excluding carboxylic acids is 2. The highest BCUT2D eigenvalue weighted by atomic mass is 16.5. The van der Waals surface area contributed by atoms with Gasteiger partial charge in [-0.2, -0.15) is 0 Å². The van der Waals surface area contributed by atoms with E-state index in [1.165, 1.54) is 0 Å². The SMILES string of the molecule is O=C(NC(C(=O)OC1CN2CCC1CC2)c1ccccc1)c1ccccc1. The lowest BCUT2D eigenvalue weighted by Crippen LogP contribution is -2.52. The van der Waals surface area contributed by atoms with E-state index in [1.807, 2.05) is 36.4 Å². The number of ether oxygens (including phenoxy) is 1. The van der Waals surface area contributed by atoms with Crippen LogP contribution in [0.2, 0.25) is 0 Å². The first-order chi connectivity index (χ1) is 13.2. The predicted octanol–water partition coefficient (Wildman–Crippen LogP) is 2.80. The predicted molar refractivity (Wildman–Crippen MR) is 102 cm³/mol. The summed E-state index contributed by atoms with van der Waals surface area (Å²) >= 11 is 0. The largest absolute Gasteiger partial charge is 0.459 e. The summed E-state index contributed by atoms with van der Waals surface area (Å²) in [5, 5.41) is 2.86. The number of carbonyl (C=O) groups is 2. The van der Waals surface area contributed by atoms with Crippen LogP contribution in [0.15, 0.2) is 60.7 Å². The van der Waals surface area contributed by atoms with Gasteiger partial charge in [0.15, 0.2) is 6.04 Å². The second-order valence-corrected chi connectivity index (χ2v) is 7.30. The molecule has 0 aromatic heterocycles. The molecule has 2 bridgehead atoms. The van der Waals surface area contributed by atoms with Gasteiger partial charge in [0, 0.05) is 12.1 Å². The number of nitrogens with zero attached hydrogens (tertiary/aromatic N) is 1. The monoisotopic (exact) mass is 364 g/mol. The minimum absolute atomic E-state index is 0.0835. The summed E-state index contributed by atoms with van der Waals surface area (Å²) in [6.07, 6.45) is 2.06. The number of piperidine rings is 3. The van der Waals surface area contributed by atoms with Crippen molar-refractivity contribution in [3.05, 3.63) is 71.8 Å². The van der Waals surface area contributed by atoms with Crippen LogP contribution in [0.5, 0.6) is 0 Å². The molecule has 140 valence electrons. The van der Waals surface area contributed by atoms with Crippen molar-refractivity contribution in [3.8, 4) is 0 Å². The highest BCUT2D eigenvalue weighted by Gasteiger charge is 2.38. The summed E-state index contributed by atoms with van der Waals surface area (Å²) in [4.78, 5) is 28.0. The number of nitrogens with one attached hydrogen (secondary N) is 1.